The van der Waals surface area contributed by atoms with Crippen LogP contribution in [0.5, 0.6) is 0 Å². The quantitative estimate of drug-likeness (QED) is 0.672. The average molecular weight is 419 g/mol. The van der Waals surface area contributed by atoms with Gasteiger partial charge >= 0.3 is 0 Å². The summed E-state index contributed by atoms with van der Waals surface area (Å²) in [6.45, 7) is 2.62. The van der Waals surface area contributed by atoms with Crippen LogP contribution >= 0.6 is 0 Å². The topological polar surface area (TPSA) is 96.8 Å². The van der Waals surface area contributed by atoms with Crippen LogP contribution in [0.2, 0.25) is 0 Å². The van der Waals surface area contributed by atoms with Crippen molar-refractivity contribution in [3.8, 4) is 5.69 Å². The smallest absolute Gasteiger partial charge is 0.274 e. The number of rotatable bonds is 3. The average Bonchev–Trinajstić information content (AvgIpc) is 2.90. The lowest BCUT2D eigenvalue weighted by Gasteiger charge is -2.27. The minimum Gasteiger partial charge on any atom is -0.379 e. The van der Waals surface area contributed by atoms with E-state index in [1.165, 1.54) is 9.58 Å². The lowest BCUT2D eigenvalue weighted by molar-refractivity contribution is -0.127. The molecule has 1 aromatic heterocycles. The maximum absolute atomic E-state index is 13.3. The van der Waals surface area contributed by atoms with E-state index in [1.54, 1.807) is 42.5 Å². The van der Waals surface area contributed by atoms with E-state index in [0.717, 1.165) is 0 Å². The number of amides is 2. The second kappa shape index (κ2) is 7.93. The highest BCUT2D eigenvalue weighted by Crippen LogP contribution is 2.22. The van der Waals surface area contributed by atoms with Crippen molar-refractivity contribution in [2.75, 3.05) is 32.8 Å². The molecule has 2 aromatic carbocycles. The van der Waals surface area contributed by atoms with Crippen molar-refractivity contribution < 1.29 is 14.3 Å². The molecule has 0 radical (unpaired) electrons. The molecule has 5 rings (SSSR count). The molecule has 9 heteroatoms. The number of carbonyl (C=O) groups excluding carboxylic acids is 2. The summed E-state index contributed by atoms with van der Waals surface area (Å²) in [7, 11) is 0. The fourth-order valence-corrected chi connectivity index (χ4v) is 3.98. The third-order valence-corrected chi connectivity index (χ3v) is 5.50. The number of hydrogen-bond donors (Lipinski definition) is 1. The van der Waals surface area contributed by atoms with E-state index < -0.39 is 0 Å². The molecule has 1 N–H and O–H groups in total. The van der Waals surface area contributed by atoms with Crippen molar-refractivity contribution in [3.05, 3.63) is 70.3 Å². The van der Waals surface area contributed by atoms with Gasteiger partial charge in [0.1, 0.15) is 12.4 Å². The predicted molar refractivity (Wildman–Crippen MR) is 113 cm³/mol. The maximum Gasteiger partial charge on any atom is 0.274 e. The lowest BCUT2D eigenvalue weighted by Crippen LogP contribution is -2.50. The minimum absolute atomic E-state index is 0.0254. The van der Waals surface area contributed by atoms with Crippen molar-refractivity contribution >= 4 is 22.7 Å². The van der Waals surface area contributed by atoms with Crippen molar-refractivity contribution in [2.24, 2.45) is 0 Å². The molecule has 0 spiro atoms. The Bertz CT molecular complexity index is 1230. The largest absolute Gasteiger partial charge is 0.379 e. The molecule has 0 unspecified atom stereocenters. The molecule has 1 fully saturated rings. The predicted octanol–water partition coefficient (Wildman–Crippen LogP) is 0.705. The number of para-hydroxylation sites is 2. The van der Waals surface area contributed by atoms with Gasteiger partial charge in [0.2, 0.25) is 0 Å². The number of carbonyl (C=O) groups is 2. The number of nitrogens with zero attached hydrogens (tertiary/aromatic N) is 4. The van der Waals surface area contributed by atoms with Gasteiger partial charge in [-0.2, -0.15) is 0 Å². The second-order valence-corrected chi connectivity index (χ2v) is 7.52. The number of hydrazine groups is 1. The number of fused-ring (bicyclic) bond motifs is 4. The molecule has 3 aromatic rings. The number of ether oxygens (including phenoxy) is 1. The zero-order valence-corrected chi connectivity index (χ0v) is 16.8. The summed E-state index contributed by atoms with van der Waals surface area (Å²) in [6.07, 6.45) is 0. The van der Waals surface area contributed by atoms with Crippen molar-refractivity contribution in [1.82, 2.24) is 24.9 Å². The Morgan fingerprint density at radius 2 is 1.77 bits per heavy atom. The number of hydrogen-bond acceptors (Lipinski definition) is 6. The van der Waals surface area contributed by atoms with Gasteiger partial charge in [0.05, 0.1) is 41.9 Å². The Balaban J connectivity index is 1.54. The number of aromatic nitrogens is 2. The summed E-state index contributed by atoms with van der Waals surface area (Å²) in [4.78, 5) is 45.8. The van der Waals surface area contributed by atoms with Gasteiger partial charge < -0.3 is 4.74 Å². The summed E-state index contributed by atoms with van der Waals surface area (Å²) in [6, 6.07) is 13.9. The molecule has 158 valence electrons. The van der Waals surface area contributed by atoms with E-state index in [4.69, 9.17) is 4.74 Å². The molecule has 2 amide bonds. The first-order chi connectivity index (χ1) is 15.1. The Morgan fingerprint density at radius 1 is 1.03 bits per heavy atom. The van der Waals surface area contributed by atoms with Gasteiger partial charge in [-0.05, 0) is 24.3 Å². The molecule has 0 atom stereocenters. The zero-order valence-electron chi connectivity index (χ0n) is 16.8. The summed E-state index contributed by atoms with van der Waals surface area (Å²) >= 11 is 0. The first-order valence-corrected chi connectivity index (χ1v) is 10.1. The van der Waals surface area contributed by atoms with Gasteiger partial charge in [0.25, 0.3) is 17.4 Å². The Labute approximate surface area is 177 Å². The number of morpholine rings is 1. The van der Waals surface area contributed by atoms with Crippen LogP contribution in [0.25, 0.3) is 16.6 Å². The van der Waals surface area contributed by atoms with E-state index in [-0.39, 0.29) is 30.5 Å². The van der Waals surface area contributed by atoms with Gasteiger partial charge in [0, 0.05) is 13.1 Å². The standard InChI is InChI=1S/C22H21N5O4/c28-20(14-25-9-11-31-12-10-25)24-26-13-19-23-17-7-3-1-5-15(17)22(30)27(19)18-8-4-2-6-16(18)21(26)29/h1-8H,9-14H2,(H,24,28). The lowest BCUT2D eigenvalue weighted by atomic mass is 10.1. The highest BCUT2D eigenvalue weighted by molar-refractivity contribution is 5.99. The van der Waals surface area contributed by atoms with Gasteiger partial charge in [-0.15, -0.1) is 0 Å². The van der Waals surface area contributed by atoms with Gasteiger partial charge in [-0.1, -0.05) is 24.3 Å². The maximum atomic E-state index is 13.3. The minimum atomic E-state index is -0.389. The van der Waals surface area contributed by atoms with Crippen LogP contribution in [0.4, 0.5) is 0 Å². The van der Waals surface area contributed by atoms with E-state index in [9.17, 15) is 14.4 Å². The van der Waals surface area contributed by atoms with Crippen molar-refractivity contribution in [1.29, 1.82) is 0 Å². The molecule has 0 aliphatic carbocycles. The fourth-order valence-electron chi connectivity index (χ4n) is 3.98. The third kappa shape index (κ3) is 3.58. The molecule has 3 heterocycles. The summed E-state index contributed by atoms with van der Waals surface area (Å²) in [5.74, 6) is -0.308. The van der Waals surface area contributed by atoms with E-state index >= 15 is 0 Å². The molecule has 0 bridgehead atoms. The van der Waals surface area contributed by atoms with E-state index in [1.807, 2.05) is 11.0 Å². The fraction of sp³-hybridized carbons (Fsp3) is 0.273. The molecule has 1 saturated heterocycles. The van der Waals surface area contributed by atoms with Crippen LogP contribution in [-0.4, -0.2) is 64.1 Å². The van der Waals surface area contributed by atoms with E-state index in [2.05, 4.69) is 10.4 Å². The van der Waals surface area contributed by atoms with Crippen molar-refractivity contribution in [3.63, 3.8) is 0 Å². The second-order valence-electron chi connectivity index (χ2n) is 7.52. The number of nitrogens with one attached hydrogen (secondary N) is 1. The molecule has 9 nitrogen and oxygen atoms in total. The van der Waals surface area contributed by atoms with Gasteiger partial charge in [-0.25, -0.2) is 9.99 Å². The highest BCUT2D eigenvalue weighted by atomic mass is 16.5. The molecule has 31 heavy (non-hydrogen) atoms. The number of benzene rings is 2. The molecular formula is C22H21N5O4. The highest BCUT2D eigenvalue weighted by Gasteiger charge is 2.29. The third-order valence-electron chi connectivity index (χ3n) is 5.50. The monoisotopic (exact) mass is 419 g/mol. The zero-order chi connectivity index (χ0) is 21.4. The van der Waals surface area contributed by atoms with Crippen LogP contribution in [-0.2, 0) is 16.1 Å². The van der Waals surface area contributed by atoms with Crippen LogP contribution in [0.3, 0.4) is 0 Å². The van der Waals surface area contributed by atoms with Crippen LogP contribution in [0.15, 0.2) is 53.3 Å². The van der Waals surface area contributed by atoms with Crippen molar-refractivity contribution in [2.45, 2.75) is 6.54 Å². The molecular weight excluding hydrogens is 398 g/mol. The molecule has 2 aliphatic heterocycles. The summed E-state index contributed by atoms with van der Waals surface area (Å²) < 4.78 is 6.77. The SMILES string of the molecule is O=C(CN1CCOCC1)NN1Cc2nc3ccccc3c(=O)n2-c2ccccc2C1=O. The molecule has 0 saturated carbocycles. The van der Waals surface area contributed by atoms with Gasteiger partial charge in [0.15, 0.2) is 0 Å². The van der Waals surface area contributed by atoms with Crippen LogP contribution in [0.1, 0.15) is 16.2 Å². The van der Waals surface area contributed by atoms with Crippen LogP contribution in [0, 0.1) is 0 Å². The molecule has 2 aliphatic rings. The normalized spacial score (nSPS) is 16.5. The first kappa shape index (κ1) is 19.4. The summed E-state index contributed by atoms with van der Waals surface area (Å²) in [5.41, 5.74) is 3.79. The Morgan fingerprint density at radius 3 is 2.61 bits per heavy atom. The van der Waals surface area contributed by atoms with Crippen LogP contribution < -0.4 is 11.0 Å². The summed E-state index contributed by atoms with van der Waals surface area (Å²) in [5, 5.41) is 1.71. The first-order valence-electron chi connectivity index (χ1n) is 10.1. The van der Waals surface area contributed by atoms with E-state index in [0.29, 0.717) is 54.3 Å². The Kier molecular flexibility index (Phi) is 4.97. The Hall–Kier alpha value is -3.56. The van der Waals surface area contributed by atoms with Gasteiger partial charge in [-0.3, -0.25) is 29.3 Å².